The Morgan fingerprint density at radius 3 is 1.47 bits per heavy atom. The number of carbonyl (C=O) groups excluding carboxylic acids is 2. The summed E-state index contributed by atoms with van der Waals surface area (Å²) in [6.45, 7) is 3.12. The molecule has 0 saturated carbocycles. The van der Waals surface area contributed by atoms with Crippen LogP contribution < -0.4 is 34.7 Å². The fourth-order valence-electron chi connectivity index (χ4n) is 3.70. The molecule has 0 spiro atoms. The molecule has 0 aromatic rings. The van der Waals surface area contributed by atoms with E-state index in [1.54, 1.807) is 0 Å². The zero-order chi connectivity index (χ0) is 22.0. The minimum absolute atomic E-state index is 0. The van der Waals surface area contributed by atoms with Gasteiger partial charge in [-0.1, -0.05) is 90.4 Å². The van der Waals surface area contributed by atoms with Gasteiger partial charge in [-0.3, -0.25) is 4.79 Å². The summed E-state index contributed by atoms with van der Waals surface area (Å²) in [6.07, 6.45) is 15.8. The topological polar surface area (TPSA) is 101 Å². The number of nitrogens with zero attached hydrogens (tertiary/aromatic N) is 1. The molecule has 1 atom stereocenters. The zero-order valence-corrected chi connectivity index (χ0v) is 21.8. The van der Waals surface area contributed by atoms with Gasteiger partial charge >= 0.3 is 29.6 Å². The number of carboxylic acids is 1. The second-order valence-electron chi connectivity index (χ2n) is 8.35. The molecule has 2 N–H and O–H groups in total. The van der Waals surface area contributed by atoms with Crippen LogP contribution in [0.25, 0.3) is 0 Å². The van der Waals surface area contributed by atoms with Gasteiger partial charge < -0.3 is 25.0 Å². The third-order valence-corrected chi connectivity index (χ3v) is 5.73. The van der Waals surface area contributed by atoms with Gasteiger partial charge in [0.2, 0.25) is 5.91 Å². The van der Waals surface area contributed by atoms with Crippen molar-refractivity contribution in [3.63, 3.8) is 0 Å². The summed E-state index contributed by atoms with van der Waals surface area (Å²) in [4.78, 5) is 25.5. The molecule has 0 aliphatic rings. The summed E-state index contributed by atoms with van der Waals surface area (Å²) in [6, 6.07) is 0. The van der Waals surface area contributed by atoms with Gasteiger partial charge in [-0.2, -0.15) is 0 Å². The molecule has 6 nitrogen and oxygen atoms in total. The summed E-state index contributed by atoms with van der Waals surface area (Å²) in [5.74, 6) is -1.97. The number of amides is 1. The maximum Gasteiger partial charge on any atom is 1.00 e. The summed E-state index contributed by atoms with van der Waals surface area (Å²) in [5, 5.41) is 29.8. The van der Waals surface area contributed by atoms with E-state index in [-0.39, 0.29) is 62.3 Å². The summed E-state index contributed by atoms with van der Waals surface area (Å²) in [5.41, 5.74) is -1.61. The molecule has 172 valence electrons. The summed E-state index contributed by atoms with van der Waals surface area (Å²) < 4.78 is 0. The third kappa shape index (κ3) is 14.0. The quantitative estimate of drug-likeness (QED) is 0.159. The number of carbonyl (C=O) groups is 2. The molecule has 1 unspecified atom stereocenters. The van der Waals surface area contributed by atoms with Gasteiger partial charge in [-0.15, -0.1) is 0 Å². The Bertz CT molecular complexity index is 430. The fraction of sp³-hybridized carbons (Fsp3) is 0.913. The molecule has 0 bridgehead atoms. The molecule has 7 heteroatoms. The maximum absolute atomic E-state index is 12.6. The number of rotatable bonds is 20. The van der Waals surface area contributed by atoms with Crippen LogP contribution in [-0.2, 0) is 9.59 Å². The van der Waals surface area contributed by atoms with Crippen LogP contribution >= 0.6 is 0 Å². The van der Waals surface area contributed by atoms with Crippen molar-refractivity contribution in [2.45, 2.75) is 104 Å². The van der Waals surface area contributed by atoms with Crippen molar-refractivity contribution in [3.8, 4) is 0 Å². The van der Waals surface area contributed by atoms with Gasteiger partial charge in [0.25, 0.3) is 0 Å². The average molecular weight is 438 g/mol. The first-order chi connectivity index (χ1) is 13.9. The van der Waals surface area contributed by atoms with Gasteiger partial charge in [0.15, 0.2) is 0 Å². The van der Waals surface area contributed by atoms with E-state index in [0.717, 1.165) is 19.3 Å². The molecular weight excluding hydrogens is 393 g/mol. The molecule has 0 aromatic heterocycles. The molecule has 0 aromatic carbocycles. The van der Waals surface area contributed by atoms with Crippen LogP contribution in [0, 0.1) is 5.41 Å². The smallest absolute Gasteiger partial charge is 0.549 e. The van der Waals surface area contributed by atoms with Crippen molar-refractivity contribution >= 4 is 11.9 Å². The number of hydrogen-bond donors (Lipinski definition) is 2. The normalized spacial score (nSPS) is 12.8. The van der Waals surface area contributed by atoms with Crippen LogP contribution in [0.4, 0.5) is 0 Å². The Balaban J connectivity index is 0. The Hall–Kier alpha value is -0.140. The molecule has 0 saturated heterocycles. The third-order valence-electron chi connectivity index (χ3n) is 5.73. The second kappa shape index (κ2) is 20.7. The molecule has 0 fully saturated rings. The first-order valence-electron chi connectivity index (χ1n) is 11.7. The van der Waals surface area contributed by atoms with E-state index in [2.05, 4.69) is 6.92 Å². The molecule has 0 aliphatic heterocycles. The Morgan fingerprint density at radius 2 is 1.13 bits per heavy atom. The van der Waals surface area contributed by atoms with E-state index in [0.29, 0.717) is 6.42 Å². The number of aliphatic carboxylic acids is 1. The first-order valence-corrected chi connectivity index (χ1v) is 11.7. The van der Waals surface area contributed by atoms with E-state index >= 15 is 0 Å². The fourth-order valence-corrected chi connectivity index (χ4v) is 3.70. The van der Waals surface area contributed by atoms with Crippen LogP contribution in [0.15, 0.2) is 0 Å². The van der Waals surface area contributed by atoms with Crippen LogP contribution in [0.1, 0.15) is 104 Å². The molecule has 0 radical (unpaired) electrons. The van der Waals surface area contributed by atoms with Crippen molar-refractivity contribution < 1.29 is 54.5 Å². The molecule has 0 heterocycles. The van der Waals surface area contributed by atoms with Gasteiger partial charge in [-0.25, -0.2) is 0 Å². The molecule has 0 rings (SSSR count). The Morgan fingerprint density at radius 1 is 0.767 bits per heavy atom. The van der Waals surface area contributed by atoms with Crippen LogP contribution in [0.5, 0.6) is 0 Å². The minimum Gasteiger partial charge on any atom is -0.549 e. The van der Waals surface area contributed by atoms with Crippen LogP contribution in [-0.4, -0.2) is 53.3 Å². The number of hydrogen-bond acceptors (Lipinski definition) is 5. The van der Waals surface area contributed by atoms with E-state index in [9.17, 15) is 14.7 Å². The van der Waals surface area contributed by atoms with Gasteiger partial charge in [0.1, 0.15) is 0 Å². The molecule has 0 aliphatic carbocycles. The summed E-state index contributed by atoms with van der Waals surface area (Å²) >= 11 is 0. The molecule has 1 amide bonds. The summed E-state index contributed by atoms with van der Waals surface area (Å²) in [7, 11) is 0. The first kappa shape index (κ1) is 32.0. The van der Waals surface area contributed by atoms with Gasteiger partial charge in [-0.05, 0) is 13.3 Å². The molecule has 30 heavy (non-hydrogen) atoms. The van der Waals surface area contributed by atoms with Gasteiger partial charge in [0, 0.05) is 13.1 Å². The molecular formula is C23H44NNaO5. The van der Waals surface area contributed by atoms with E-state index < -0.39 is 17.3 Å². The largest absolute Gasteiger partial charge is 1.00 e. The predicted molar refractivity (Wildman–Crippen MR) is 114 cm³/mol. The van der Waals surface area contributed by atoms with E-state index in [1.807, 2.05) is 0 Å². The number of aliphatic hydroxyl groups excluding tert-OH is 2. The Kier molecular flexibility index (Phi) is 22.2. The zero-order valence-electron chi connectivity index (χ0n) is 19.8. The van der Waals surface area contributed by atoms with Crippen molar-refractivity contribution in [2.24, 2.45) is 5.41 Å². The Labute approximate surface area is 206 Å². The van der Waals surface area contributed by atoms with Crippen molar-refractivity contribution in [1.82, 2.24) is 4.90 Å². The maximum atomic E-state index is 12.6. The van der Waals surface area contributed by atoms with Crippen LogP contribution in [0.3, 0.4) is 0 Å². The monoisotopic (exact) mass is 437 g/mol. The number of carboxylic acid groups (broad SMARTS) is 1. The van der Waals surface area contributed by atoms with Crippen molar-refractivity contribution in [1.29, 1.82) is 0 Å². The second-order valence-corrected chi connectivity index (χ2v) is 8.35. The van der Waals surface area contributed by atoms with Crippen molar-refractivity contribution in [3.05, 3.63) is 0 Å². The van der Waals surface area contributed by atoms with Crippen molar-refractivity contribution in [2.75, 3.05) is 26.3 Å². The van der Waals surface area contributed by atoms with E-state index in [4.69, 9.17) is 10.2 Å². The number of unbranched alkanes of at least 4 members (excludes halogenated alkanes) is 12. The standard InChI is InChI=1S/C23H45NO5.Na/c1-3-4-5-6-7-8-9-10-11-12-13-14-15-16-23(2,22(28)29)21(27)24(17-19-25)18-20-26;/h25-26H,3-20H2,1-2H3,(H,28,29);/q;+1/p-1. The SMILES string of the molecule is CCCCCCCCCCCCCCCC(C)(C(=O)[O-])C(=O)N(CCO)CCO.[Na+]. The number of aliphatic hydroxyl groups is 2. The van der Waals surface area contributed by atoms with Crippen LogP contribution in [0.2, 0.25) is 0 Å². The van der Waals surface area contributed by atoms with Gasteiger partial charge in [0.05, 0.1) is 24.6 Å². The van der Waals surface area contributed by atoms with E-state index in [1.165, 1.54) is 69.6 Å². The predicted octanol–water partition coefficient (Wildman–Crippen LogP) is 0.0411. The minimum atomic E-state index is -1.61. The average Bonchev–Trinajstić information content (AvgIpc) is 2.70.